The Morgan fingerprint density at radius 2 is 2.00 bits per heavy atom. The van der Waals surface area contributed by atoms with Gasteiger partial charge in [0.25, 0.3) is 0 Å². The van der Waals surface area contributed by atoms with Gasteiger partial charge >= 0.3 is 0 Å². The number of hydrogen-bond acceptors (Lipinski definition) is 2. The van der Waals surface area contributed by atoms with Gasteiger partial charge < -0.3 is 9.67 Å². The molecule has 2 rings (SSSR count). The Morgan fingerprint density at radius 1 is 1.29 bits per heavy atom. The molecule has 0 radical (unpaired) electrons. The van der Waals surface area contributed by atoms with E-state index in [9.17, 15) is 5.11 Å². The van der Waals surface area contributed by atoms with E-state index < -0.39 is 6.10 Å². The molecule has 3 heteroatoms. The molecule has 1 aromatic carbocycles. The van der Waals surface area contributed by atoms with Crippen LogP contribution in [0, 0.1) is 0 Å². The van der Waals surface area contributed by atoms with Crippen molar-refractivity contribution in [2.45, 2.75) is 6.10 Å². The quantitative estimate of drug-likeness (QED) is 0.775. The molecule has 1 N–H and O–H groups in total. The topological polar surface area (TPSA) is 38.0 Å². The molecule has 0 amide bonds. The minimum absolute atomic E-state index is 0.627. The molecule has 0 aliphatic rings. The minimum Gasteiger partial charge on any atom is -0.382 e. The van der Waals surface area contributed by atoms with Crippen molar-refractivity contribution in [1.82, 2.24) is 9.55 Å². The van der Waals surface area contributed by atoms with Crippen LogP contribution < -0.4 is 0 Å². The van der Waals surface area contributed by atoms with Crippen molar-refractivity contribution in [3.63, 3.8) is 0 Å². The Bertz CT molecular complexity index is 408. The van der Waals surface area contributed by atoms with Crippen molar-refractivity contribution < 1.29 is 5.11 Å². The molecule has 0 spiro atoms. The number of nitrogens with zero attached hydrogens (tertiary/aromatic N) is 2. The Hall–Kier alpha value is -1.61. The average Bonchev–Trinajstić information content (AvgIpc) is 2.65. The van der Waals surface area contributed by atoms with E-state index >= 15 is 0 Å². The van der Waals surface area contributed by atoms with E-state index in [1.807, 2.05) is 48.1 Å². The fourth-order valence-corrected chi connectivity index (χ4v) is 1.38. The van der Waals surface area contributed by atoms with Gasteiger partial charge in [0.05, 0.1) is 12.0 Å². The first-order chi connectivity index (χ1) is 6.77. The zero-order valence-corrected chi connectivity index (χ0v) is 7.96. The van der Waals surface area contributed by atoms with Gasteiger partial charge in [-0.2, -0.15) is 0 Å². The molecule has 0 saturated carbocycles. The van der Waals surface area contributed by atoms with E-state index in [2.05, 4.69) is 4.98 Å². The van der Waals surface area contributed by atoms with Gasteiger partial charge in [0.1, 0.15) is 6.10 Å². The fourth-order valence-electron chi connectivity index (χ4n) is 1.38. The van der Waals surface area contributed by atoms with Crippen LogP contribution in [0.4, 0.5) is 0 Å². The number of aliphatic hydroxyl groups excluding tert-OH is 1. The number of aliphatic hydroxyl groups is 1. The van der Waals surface area contributed by atoms with Gasteiger partial charge in [0.2, 0.25) is 0 Å². The summed E-state index contributed by atoms with van der Waals surface area (Å²) >= 11 is 0. The highest BCUT2D eigenvalue weighted by atomic mass is 16.3. The van der Waals surface area contributed by atoms with Crippen molar-refractivity contribution in [2.24, 2.45) is 7.05 Å². The lowest BCUT2D eigenvalue weighted by Crippen LogP contribution is -1.99. The normalized spacial score (nSPS) is 12.7. The summed E-state index contributed by atoms with van der Waals surface area (Å²) < 4.78 is 1.82. The maximum absolute atomic E-state index is 9.93. The molecule has 14 heavy (non-hydrogen) atoms. The predicted molar refractivity (Wildman–Crippen MR) is 53.7 cm³/mol. The van der Waals surface area contributed by atoms with E-state index in [0.29, 0.717) is 5.69 Å². The Kier molecular flexibility index (Phi) is 2.33. The summed E-state index contributed by atoms with van der Waals surface area (Å²) in [4.78, 5) is 4.11. The van der Waals surface area contributed by atoms with Crippen LogP contribution in [0.2, 0.25) is 0 Å². The van der Waals surface area contributed by atoms with E-state index in [1.165, 1.54) is 0 Å². The molecule has 1 atom stereocenters. The maximum atomic E-state index is 9.93. The summed E-state index contributed by atoms with van der Waals surface area (Å²) in [6.45, 7) is 0. The average molecular weight is 188 g/mol. The van der Waals surface area contributed by atoms with E-state index in [0.717, 1.165) is 5.56 Å². The van der Waals surface area contributed by atoms with Gasteiger partial charge in [-0.25, -0.2) is 4.98 Å². The Morgan fingerprint density at radius 3 is 2.57 bits per heavy atom. The van der Waals surface area contributed by atoms with Gasteiger partial charge in [0.15, 0.2) is 0 Å². The third-order valence-electron chi connectivity index (χ3n) is 2.12. The van der Waals surface area contributed by atoms with Gasteiger partial charge in [-0.05, 0) is 5.56 Å². The van der Waals surface area contributed by atoms with Crippen molar-refractivity contribution in [3.05, 3.63) is 54.1 Å². The monoisotopic (exact) mass is 188 g/mol. The zero-order chi connectivity index (χ0) is 9.97. The molecule has 72 valence electrons. The van der Waals surface area contributed by atoms with Crippen molar-refractivity contribution in [2.75, 3.05) is 0 Å². The number of rotatable bonds is 2. The van der Waals surface area contributed by atoms with Crippen LogP contribution in [0.15, 0.2) is 42.9 Å². The van der Waals surface area contributed by atoms with Gasteiger partial charge in [-0.1, -0.05) is 30.3 Å². The number of benzene rings is 1. The third-order valence-corrected chi connectivity index (χ3v) is 2.12. The fraction of sp³-hybridized carbons (Fsp3) is 0.182. The van der Waals surface area contributed by atoms with E-state index in [-0.39, 0.29) is 0 Å². The predicted octanol–water partition coefficient (Wildman–Crippen LogP) is 1.50. The highest BCUT2D eigenvalue weighted by Gasteiger charge is 2.11. The summed E-state index contributed by atoms with van der Waals surface area (Å²) in [6, 6.07) is 9.51. The van der Waals surface area contributed by atoms with Crippen LogP contribution in [0.5, 0.6) is 0 Å². The molecule has 0 fully saturated rings. The lowest BCUT2D eigenvalue weighted by atomic mass is 10.1. The molecule has 1 heterocycles. The molecule has 0 aliphatic carbocycles. The first-order valence-corrected chi connectivity index (χ1v) is 4.48. The summed E-state index contributed by atoms with van der Waals surface area (Å²) in [5, 5.41) is 9.93. The lowest BCUT2D eigenvalue weighted by molar-refractivity contribution is 0.216. The second kappa shape index (κ2) is 3.64. The standard InChI is InChI=1S/C11H12N2O/c1-13-7-10(12-8-13)11(14)9-5-3-2-4-6-9/h2-8,11,14H,1H3/t11-/m0/s1. The largest absolute Gasteiger partial charge is 0.382 e. The molecular formula is C11H12N2O. The number of aromatic nitrogens is 2. The van der Waals surface area contributed by atoms with E-state index in [1.54, 1.807) is 6.33 Å². The molecule has 1 aromatic heterocycles. The Labute approximate surface area is 82.7 Å². The Balaban J connectivity index is 2.29. The number of hydrogen-bond donors (Lipinski definition) is 1. The van der Waals surface area contributed by atoms with Gasteiger partial charge in [0, 0.05) is 13.2 Å². The van der Waals surface area contributed by atoms with Crippen molar-refractivity contribution in [1.29, 1.82) is 0 Å². The highest BCUT2D eigenvalue weighted by Crippen LogP contribution is 2.18. The van der Waals surface area contributed by atoms with Crippen molar-refractivity contribution in [3.8, 4) is 0 Å². The molecule has 2 aromatic rings. The SMILES string of the molecule is Cn1cnc([C@@H](O)c2ccccc2)c1. The third kappa shape index (κ3) is 1.67. The maximum Gasteiger partial charge on any atom is 0.122 e. The highest BCUT2D eigenvalue weighted by molar-refractivity contribution is 5.24. The second-order valence-electron chi connectivity index (χ2n) is 3.28. The van der Waals surface area contributed by atoms with Crippen LogP contribution in [-0.4, -0.2) is 14.7 Å². The number of imidazole rings is 1. The zero-order valence-electron chi connectivity index (χ0n) is 7.96. The summed E-state index contributed by atoms with van der Waals surface area (Å²) in [6.07, 6.45) is 2.87. The van der Waals surface area contributed by atoms with Crippen molar-refractivity contribution >= 4 is 0 Å². The summed E-state index contributed by atoms with van der Waals surface area (Å²) in [5.74, 6) is 0. The molecular weight excluding hydrogens is 176 g/mol. The summed E-state index contributed by atoms with van der Waals surface area (Å²) in [7, 11) is 1.88. The van der Waals surface area contributed by atoms with Gasteiger partial charge in [-0.3, -0.25) is 0 Å². The van der Waals surface area contributed by atoms with Crippen LogP contribution in [0.3, 0.4) is 0 Å². The molecule has 0 aliphatic heterocycles. The van der Waals surface area contributed by atoms with Crippen LogP contribution in [0.25, 0.3) is 0 Å². The summed E-state index contributed by atoms with van der Waals surface area (Å²) in [5.41, 5.74) is 1.55. The smallest absolute Gasteiger partial charge is 0.122 e. The first-order valence-electron chi connectivity index (χ1n) is 4.48. The molecule has 3 nitrogen and oxygen atoms in total. The van der Waals surface area contributed by atoms with E-state index in [4.69, 9.17) is 0 Å². The minimum atomic E-state index is -0.627. The second-order valence-corrected chi connectivity index (χ2v) is 3.28. The van der Waals surface area contributed by atoms with Crippen LogP contribution in [0.1, 0.15) is 17.4 Å². The van der Waals surface area contributed by atoms with Crippen LogP contribution in [-0.2, 0) is 7.05 Å². The molecule has 0 bridgehead atoms. The first kappa shape index (κ1) is 8.97. The lowest BCUT2D eigenvalue weighted by Gasteiger charge is -2.06. The van der Waals surface area contributed by atoms with Gasteiger partial charge in [-0.15, -0.1) is 0 Å². The molecule has 0 unspecified atom stereocenters. The number of aryl methyl sites for hydroxylation is 1. The molecule has 0 saturated heterocycles. The van der Waals surface area contributed by atoms with Crippen LogP contribution >= 0.6 is 0 Å².